The van der Waals surface area contributed by atoms with Gasteiger partial charge in [0.2, 0.25) is 0 Å². The Morgan fingerprint density at radius 2 is 1.26 bits per heavy atom. The number of ether oxygens (including phenoxy) is 2. The third-order valence-corrected chi connectivity index (χ3v) is 3.46. The number of rotatable bonds is 7. The van der Waals surface area contributed by atoms with E-state index >= 15 is 0 Å². The quantitative estimate of drug-likeness (QED) is 0.578. The lowest BCUT2D eigenvalue weighted by atomic mass is 10.2. The average Bonchev–Trinajstić information content (AvgIpc) is 2.72. The van der Waals surface area contributed by atoms with Crippen molar-refractivity contribution < 1.29 is 19.1 Å². The van der Waals surface area contributed by atoms with Gasteiger partial charge in [-0.1, -0.05) is 0 Å². The molecule has 2 amide bonds. The van der Waals surface area contributed by atoms with Crippen LogP contribution in [0.2, 0.25) is 0 Å². The first-order valence-electron chi connectivity index (χ1n) is 7.99. The zero-order chi connectivity index (χ0) is 19.6. The van der Waals surface area contributed by atoms with Crippen LogP contribution in [0.15, 0.2) is 58.7 Å². The Bertz CT molecular complexity index is 843. The van der Waals surface area contributed by atoms with Crippen LogP contribution < -0.4 is 20.3 Å². The Morgan fingerprint density at radius 3 is 1.70 bits per heavy atom. The van der Waals surface area contributed by atoms with Crippen LogP contribution in [0.1, 0.15) is 27.6 Å². The van der Waals surface area contributed by atoms with Crippen molar-refractivity contribution in [1.82, 2.24) is 10.9 Å². The molecule has 0 fully saturated rings. The van der Waals surface area contributed by atoms with Crippen molar-refractivity contribution in [1.29, 1.82) is 0 Å². The molecule has 0 aliphatic heterocycles. The van der Waals surface area contributed by atoms with Crippen LogP contribution in [0, 0.1) is 0 Å². The van der Waals surface area contributed by atoms with Gasteiger partial charge in [0.05, 0.1) is 26.1 Å². The van der Waals surface area contributed by atoms with Gasteiger partial charge in [-0.2, -0.15) is 10.2 Å². The van der Waals surface area contributed by atoms with Gasteiger partial charge < -0.3 is 9.47 Å². The molecule has 2 aromatic carbocycles. The number of nitrogens with zero attached hydrogens (tertiary/aromatic N) is 2. The third kappa shape index (κ3) is 5.96. The maximum atomic E-state index is 12.0. The summed E-state index contributed by atoms with van der Waals surface area (Å²) in [6, 6.07) is 13.2. The molecule has 2 N–H and O–H groups in total. The number of carbonyl (C=O) groups is 2. The van der Waals surface area contributed by atoms with Gasteiger partial charge in [-0.25, -0.2) is 10.9 Å². The zero-order valence-corrected chi connectivity index (χ0v) is 15.2. The number of benzene rings is 2. The topological polar surface area (TPSA) is 101 Å². The van der Waals surface area contributed by atoms with Crippen molar-refractivity contribution in [3.63, 3.8) is 0 Å². The second-order valence-electron chi connectivity index (χ2n) is 5.35. The highest BCUT2D eigenvalue weighted by atomic mass is 16.5. The Hall–Kier alpha value is -3.68. The minimum absolute atomic E-state index is 0.368. The van der Waals surface area contributed by atoms with Crippen LogP contribution in [0.25, 0.3) is 0 Å². The van der Waals surface area contributed by atoms with Gasteiger partial charge in [0.15, 0.2) is 0 Å². The van der Waals surface area contributed by atoms with Crippen LogP contribution in [0.5, 0.6) is 11.5 Å². The number of methoxy groups -OCH3 is 2. The largest absolute Gasteiger partial charge is 0.497 e. The summed E-state index contributed by atoms with van der Waals surface area (Å²) in [4.78, 5) is 23.9. The molecular formula is C19H20N4O4. The molecule has 0 aliphatic rings. The molecule has 0 saturated carbocycles. The Labute approximate surface area is 156 Å². The minimum Gasteiger partial charge on any atom is -0.497 e. The van der Waals surface area contributed by atoms with Gasteiger partial charge in [0.1, 0.15) is 11.5 Å². The second kappa shape index (κ2) is 9.71. The molecule has 0 radical (unpaired) electrons. The SMILES string of the molecule is COc1ccc(C(=O)N/N=C/C(C)=N/NC(=O)c2ccc(OC)cc2)cc1. The molecule has 0 spiro atoms. The van der Waals surface area contributed by atoms with E-state index in [4.69, 9.17) is 9.47 Å². The molecule has 0 heterocycles. The predicted molar refractivity (Wildman–Crippen MR) is 103 cm³/mol. The fourth-order valence-corrected chi connectivity index (χ4v) is 1.97. The first-order chi connectivity index (χ1) is 13.0. The Morgan fingerprint density at radius 1 is 0.815 bits per heavy atom. The maximum Gasteiger partial charge on any atom is 0.271 e. The number of carbonyl (C=O) groups excluding carboxylic acids is 2. The van der Waals surface area contributed by atoms with E-state index in [1.165, 1.54) is 6.21 Å². The van der Waals surface area contributed by atoms with Gasteiger partial charge in [0, 0.05) is 11.1 Å². The molecule has 8 nitrogen and oxygen atoms in total. The Kier molecular flexibility index (Phi) is 7.07. The molecule has 0 aliphatic carbocycles. The molecular weight excluding hydrogens is 348 g/mol. The van der Waals surface area contributed by atoms with E-state index in [2.05, 4.69) is 21.1 Å². The van der Waals surface area contributed by atoms with E-state index in [1.54, 1.807) is 69.7 Å². The highest BCUT2D eigenvalue weighted by molar-refractivity contribution is 6.29. The van der Waals surface area contributed by atoms with Crippen molar-refractivity contribution in [2.75, 3.05) is 14.2 Å². The van der Waals surface area contributed by atoms with E-state index in [-0.39, 0.29) is 11.8 Å². The van der Waals surface area contributed by atoms with Gasteiger partial charge in [-0.3, -0.25) is 9.59 Å². The molecule has 0 unspecified atom stereocenters. The lowest BCUT2D eigenvalue weighted by Gasteiger charge is -2.03. The first-order valence-corrected chi connectivity index (χ1v) is 7.99. The fourth-order valence-electron chi connectivity index (χ4n) is 1.97. The van der Waals surface area contributed by atoms with Gasteiger partial charge in [-0.05, 0) is 55.5 Å². The van der Waals surface area contributed by atoms with Crippen molar-refractivity contribution in [2.24, 2.45) is 10.2 Å². The number of amides is 2. The molecule has 0 saturated heterocycles. The van der Waals surface area contributed by atoms with Crippen LogP contribution >= 0.6 is 0 Å². The van der Waals surface area contributed by atoms with Gasteiger partial charge in [-0.15, -0.1) is 0 Å². The van der Waals surface area contributed by atoms with E-state index in [0.29, 0.717) is 28.3 Å². The monoisotopic (exact) mass is 368 g/mol. The second-order valence-corrected chi connectivity index (χ2v) is 5.35. The number of hydrazone groups is 2. The van der Waals surface area contributed by atoms with E-state index in [1.807, 2.05) is 0 Å². The van der Waals surface area contributed by atoms with Crippen LogP contribution in [-0.2, 0) is 0 Å². The summed E-state index contributed by atoms with van der Waals surface area (Å²) in [6.45, 7) is 1.64. The molecule has 2 aromatic rings. The summed E-state index contributed by atoms with van der Waals surface area (Å²) in [7, 11) is 3.10. The van der Waals surface area contributed by atoms with Crippen molar-refractivity contribution >= 4 is 23.7 Å². The summed E-state index contributed by atoms with van der Waals surface area (Å²) in [5.41, 5.74) is 6.08. The van der Waals surface area contributed by atoms with E-state index < -0.39 is 0 Å². The Balaban J connectivity index is 1.86. The summed E-state index contributed by atoms with van der Waals surface area (Å²) in [6.07, 6.45) is 1.33. The molecule has 0 bridgehead atoms. The fraction of sp³-hybridized carbons (Fsp3) is 0.158. The normalized spacial score (nSPS) is 11.1. The van der Waals surface area contributed by atoms with Crippen LogP contribution in [0.3, 0.4) is 0 Å². The first kappa shape index (κ1) is 19.6. The van der Waals surface area contributed by atoms with E-state index in [9.17, 15) is 9.59 Å². The van der Waals surface area contributed by atoms with Crippen LogP contribution in [0.4, 0.5) is 0 Å². The lowest BCUT2D eigenvalue weighted by Crippen LogP contribution is -2.21. The van der Waals surface area contributed by atoms with Crippen molar-refractivity contribution in [3.05, 3.63) is 59.7 Å². The lowest BCUT2D eigenvalue weighted by molar-refractivity contribution is 0.0946. The number of nitrogens with one attached hydrogen (secondary N) is 2. The number of hydrogen-bond donors (Lipinski definition) is 2. The van der Waals surface area contributed by atoms with Gasteiger partial charge >= 0.3 is 0 Å². The molecule has 140 valence electrons. The third-order valence-electron chi connectivity index (χ3n) is 3.46. The zero-order valence-electron chi connectivity index (χ0n) is 15.2. The average molecular weight is 368 g/mol. The smallest absolute Gasteiger partial charge is 0.271 e. The number of hydrogen-bond acceptors (Lipinski definition) is 6. The minimum atomic E-state index is -0.371. The highest BCUT2D eigenvalue weighted by Gasteiger charge is 2.05. The molecule has 0 aromatic heterocycles. The predicted octanol–water partition coefficient (Wildman–Crippen LogP) is 2.23. The van der Waals surface area contributed by atoms with Crippen molar-refractivity contribution in [2.45, 2.75) is 6.92 Å². The van der Waals surface area contributed by atoms with Gasteiger partial charge in [0.25, 0.3) is 11.8 Å². The summed E-state index contributed by atoms with van der Waals surface area (Å²) in [5, 5.41) is 7.71. The molecule has 8 heteroatoms. The molecule has 0 atom stereocenters. The molecule has 27 heavy (non-hydrogen) atoms. The van der Waals surface area contributed by atoms with E-state index in [0.717, 1.165) is 0 Å². The maximum absolute atomic E-state index is 12.0. The summed E-state index contributed by atoms with van der Waals surface area (Å²) < 4.78 is 10.1. The van der Waals surface area contributed by atoms with Crippen molar-refractivity contribution in [3.8, 4) is 11.5 Å². The highest BCUT2D eigenvalue weighted by Crippen LogP contribution is 2.11. The standard InChI is InChI=1S/C19H20N4O4/c1-13(21-23-19(25)15-6-10-17(27-3)11-7-15)12-20-22-18(24)14-4-8-16(26-2)9-5-14/h4-12H,1-3H3,(H,22,24)(H,23,25)/b20-12+,21-13+. The summed E-state index contributed by atoms with van der Waals surface area (Å²) in [5.74, 6) is 0.577. The van der Waals surface area contributed by atoms with Crippen LogP contribution in [-0.4, -0.2) is 38.0 Å². The summed E-state index contributed by atoms with van der Waals surface area (Å²) >= 11 is 0. The molecule has 2 rings (SSSR count).